The minimum absolute atomic E-state index is 0.0202. The van der Waals surface area contributed by atoms with Crippen LogP contribution in [-0.4, -0.2) is 53.9 Å². The van der Waals surface area contributed by atoms with Crippen molar-refractivity contribution in [1.82, 2.24) is 14.8 Å². The number of anilines is 1. The van der Waals surface area contributed by atoms with Crippen LogP contribution in [0.3, 0.4) is 0 Å². The van der Waals surface area contributed by atoms with Gasteiger partial charge in [-0.25, -0.2) is 4.98 Å². The summed E-state index contributed by atoms with van der Waals surface area (Å²) in [5.41, 5.74) is 6.13. The number of amides is 1. The Kier molecular flexibility index (Phi) is 4.27. The summed E-state index contributed by atoms with van der Waals surface area (Å²) in [4.78, 5) is 20.3. The molecule has 1 aromatic rings. The van der Waals surface area contributed by atoms with E-state index >= 15 is 0 Å². The van der Waals surface area contributed by atoms with Gasteiger partial charge in [0.25, 0.3) is 5.91 Å². The van der Waals surface area contributed by atoms with E-state index in [1.54, 1.807) is 12.1 Å². The summed E-state index contributed by atoms with van der Waals surface area (Å²) in [6, 6.07) is 3.69. The largest absolute Gasteiger partial charge is 0.384 e. The molecule has 0 spiro atoms. The third-order valence-electron chi connectivity index (χ3n) is 3.54. The molecule has 1 amide bonds. The number of halogens is 1. The van der Waals surface area contributed by atoms with Gasteiger partial charge in [0.2, 0.25) is 0 Å². The minimum Gasteiger partial charge on any atom is -0.384 e. The highest BCUT2D eigenvalue weighted by Crippen LogP contribution is 2.19. The third-order valence-corrected chi connectivity index (χ3v) is 3.74. The summed E-state index contributed by atoms with van der Waals surface area (Å²) in [7, 11) is 4.15. The lowest BCUT2D eigenvalue weighted by Crippen LogP contribution is -2.44. The van der Waals surface area contributed by atoms with Crippen molar-refractivity contribution in [2.24, 2.45) is 0 Å². The molecule has 1 fully saturated rings. The van der Waals surface area contributed by atoms with Crippen LogP contribution < -0.4 is 5.73 Å². The highest BCUT2D eigenvalue weighted by Gasteiger charge is 2.24. The Hall–Kier alpha value is -1.33. The zero-order valence-corrected chi connectivity index (χ0v) is 12.0. The van der Waals surface area contributed by atoms with Crippen molar-refractivity contribution < 1.29 is 4.79 Å². The van der Waals surface area contributed by atoms with Crippen LogP contribution in [0.1, 0.15) is 23.2 Å². The van der Waals surface area contributed by atoms with Gasteiger partial charge in [-0.1, -0.05) is 11.6 Å². The highest BCUT2D eigenvalue weighted by molar-refractivity contribution is 6.29. The van der Waals surface area contributed by atoms with Crippen LogP contribution >= 0.6 is 11.6 Å². The van der Waals surface area contributed by atoms with Gasteiger partial charge in [-0.05, 0) is 39.1 Å². The molecule has 0 radical (unpaired) electrons. The van der Waals surface area contributed by atoms with Crippen LogP contribution in [0.15, 0.2) is 12.1 Å². The number of hydrogen-bond acceptors (Lipinski definition) is 4. The van der Waals surface area contributed by atoms with Gasteiger partial charge in [-0.15, -0.1) is 0 Å². The van der Waals surface area contributed by atoms with E-state index in [-0.39, 0.29) is 16.9 Å². The molecule has 104 valence electrons. The summed E-state index contributed by atoms with van der Waals surface area (Å²) < 4.78 is 0. The average Bonchev–Trinajstić information content (AvgIpc) is 2.37. The first kappa shape index (κ1) is 14.1. The van der Waals surface area contributed by atoms with Crippen LogP contribution in [0, 0.1) is 0 Å². The van der Waals surface area contributed by atoms with E-state index in [1.165, 1.54) is 0 Å². The Morgan fingerprint density at radius 3 is 2.58 bits per heavy atom. The number of nitrogen functional groups attached to an aromatic ring is 1. The predicted octanol–water partition coefficient (Wildman–Crippen LogP) is 1.48. The zero-order valence-electron chi connectivity index (χ0n) is 11.3. The van der Waals surface area contributed by atoms with E-state index in [4.69, 9.17) is 17.3 Å². The van der Waals surface area contributed by atoms with Crippen LogP contribution in [0.25, 0.3) is 0 Å². The molecule has 2 rings (SSSR count). The number of carbonyl (C=O) groups is 1. The number of piperidine rings is 1. The number of carbonyl (C=O) groups excluding carboxylic acids is 1. The third kappa shape index (κ3) is 3.36. The van der Waals surface area contributed by atoms with Crippen molar-refractivity contribution in [3.63, 3.8) is 0 Å². The summed E-state index contributed by atoms with van der Waals surface area (Å²) >= 11 is 5.83. The molecule has 0 atom stereocenters. The lowest BCUT2D eigenvalue weighted by molar-refractivity contribution is 0.0663. The van der Waals surface area contributed by atoms with E-state index in [0.29, 0.717) is 11.6 Å². The summed E-state index contributed by atoms with van der Waals surface area (Å²) in [6.45, 7) is 1.53. The Bertz CT molecular complexity index is 449. The molecule has 0 aromatic carbocycles. The number of pyridine rings is 1. The molecule has 0 aliphatic carbocycles. The summed E-state index contributed by atoms with van der Waals surface area (Å²) in [5, 5.41) is 0.256. The van der Waals surface area contributed by atoms with E-state index < -0.39 is 0 Å². The fraction of sp³-hybridized carbons (Fsp3) is 0.538. The molecule has 0 unspecified atom stereocenters. The first-order valence-electron chi connectivity index (χ1n) is 6.36. The monoisotopic (exact) mass is 282 g/mol. The molecular weight excluding hydrogens is 264 g/mol. The number of nitrogens with zero attached hydrogens (tertiary/aromatic N) is 3. The number of hydrogen-bond donors (Lipinski definition) is 1. The fourth-order valence-electron chi connectivity index (χ4n) is 2.41. The maximum absolute atomic E-state index is 12.4. The Morgan fingerprint density at radius 1 is 1.42 bits per heavy atom. The second-order valence-electron chi connectivity index (χ2n) is 5.09. The van der Waals surface area contributed by atoms with Gasteiger partial charge >= 0.3 is 0 Å². The van der Waals surface area contributed by atoms with Gasteiger partial charge in [-0.2, -0.15) is 0 Å². The van der Waals surface area contributed by atoms with Gasteiger partial charge in [0.15, 0.2) is 0 Å². The lowest BCUT2D eigenvalue weighted by atomic mass is 10.0. The van der Waals surface area contributed by atoms with Gasteiger partial charge in [0.1, 0.15) is 11.0 Å². The van der Waals surface area contributed by atoms with Gasteiger partial charge in [0, 0.05) is 24.7 Å². The maximum atomic E-state index is 12.4. The van der Waals surface area contributed by atoms with E-state index in [2.05, 4.69) is 24.0 Å². The van der Waals surface area contributed by atoms with Crippen molar-refractivity contribution >= 4 is 23.3 Å². The molecule has 0 bridgehead atoms. The van der Waals surface area contributed by atoms with Crippen molar-refractivity contribution in [3.8, 4) is 0 Å². The molecule has 1 saturated heterocycles. The number of nitrogens with two attached hydrogens (primary N) is 1. The summed E-state index contributed by atoms with van der Waals surface area (Å²) in [5.74, 6) is 0.257. The molecule has 1 aliphatic heterocycles. The Labute approximate surface area is 118 Å². The Morgan fingerprint density at radius 2 is 2.05 bits per heavy atom. The van der Waals surface area contributed by atoms with Crippen LogP contribution in [0.2, 0.25) is 5.15 Å². The fourth-order valence-corrected chi connectivity index (χ4v) is 2.62. The van der Waals surface area contributed by atoms with E-state index in [0.717, 1.165) is 25.9 Å². The van der Waals surface area contributed by atoms with Gasteiger partial charge < -0.3 is 15.5 Å². The lowest BCUT2D eigenvalue weighted by Gasteiger charge is -2.35. The summed E-state index contributed by atoms with van der Waals surface area (Å²) in [6.07, 6.45) is 1.99. The Balaban J connectivity index is 2.05. The molecular formula is C13H19ClN4O. The second kappa shape index (κ2) is 5.75. The molecule has 1 aliphatic rings. The van der Waals surface area contributed by atoms with Crippen molar-refractivity contribution in [3.05, 3.63) is 22.8 Å². The molecule has 1 aromatic heterocycles. The number of likely N-dealkylation sites (tertiary alicyclic amines) is 1. The van der Waals surface area contributed by atoms with Gasteiger partial charge in [-0.3, -0.25) is 4.79 Å². The van der Waals surface area contributed by atoms with Crippen molar-refractivity contribution in [2.45, 2.75) is 18.9 Å². The predicted molar refractivity (Wildman–Crippen MR) is 76.3 cm³/mol. The van der Waals surface area contributed by atoms with Crippen molar-refractivity contribution in [2.75, 3.05) is 32.9 Å². The minimum atomic E-state index is -0.0202. The zero-order chi connectivity index (χ0) is 14.0. The average molecular weight is 283 g/mol. The molecule has 0 saturated carbocycles. The second-order valence-corrected chi connectivity index (χ2v) is 5.48. The molecule has 6 heteroatoms. The molecule has 2 N–H and O–H groups in total. The van der Waals surface area contributed by atoms with E-state index in [1.807, 2.05) is 4.90 Å². The van der Waals surface area contributed by atoms with Crippen LogP contribution in [0.5, 0.6) is 0 Å². The molecule has 19 heavy (non-hydrogen) atoms. The maximum Gasteiger partial charge on any atom is 0.254 e. The van der Waals surface area contributed by atoms with Crippen LogP contribution in [0.4, 0.5) is 5.82 Å². The van der Waals surface area contributed by atoms with Gasteiger partial charge in [0.05, 0.1) is 0 Å². The smallest absolute Gasteiger partial charge is 0.254 e. The first-order chi connectivity index (χ1) is 8.97. The SMILES string of the molecule is CN(C)C1CCN(C(=O)c2cc(N)nc(Cl)c2)CC1. The highest BCUT2D eigenvalue weighted by atomic mass is 35.5. The first-order valence-corrected chi connectivity index (χ1v) is 6.74. The standard InChI is InChI=1S/C13H19ClN4O/c1-17(2)10-3-5-18(6-4-10)13(19)9-7-11(14)16-12(15)8-9/h7-8,10H,3-6H2,1-2H3,(H2,15,16). The molecule has 2 heterocycles. The van der Waals surface area contributed by atoms with E-state index in [9.17, 15) is 4.79 Å². The topological polar surface area (TPSA) is 62.5 Å². The van der Waals surface area contributed by atoms with Crippen LogP contribution in [-0.2, 0) is 0 Å². The molecule has 5 nitrogen and oxygen atoms in total. The quantitative estimate of drug-likeness (QED) is 0.835. The number of rotatable bonds is 2. The van der Waals surface area contributed by atoms with Crippen molar-refractivity contribution in [1.29, 1.82) is 0 Å². The number of aromatic nitrogens is 1. The normalized spacial score (nSPS) is 16.9.